The minimum absolute atomic E-state index is 0.0422. The molecule has 0 bridgehead atoms. The summed E-state index contributed by atoms with van der Waals surface area (Å²) in [6.07, 6.45) is 1.14. The van der Waals surface area contributed by atoms with E-state index in [4.69, 9.17) is 8.83 Å². The minimum Gasteiger partial charge on any atom is -0.441 e. The molecule has 2 aromatic rings. The lowest BCUT2D eigenvalue weighted by Gasteiger charge is -2.14. The fourth-order valence-corrected chi connectivity index (χ4v) is 3.37. The molecule has 0 atom stereocenters. The molecular formula is C10H10BrF3N2O5SSi. The molecule has 0 radical (unpaired) electrons. The summed E-state index contributed by atoms with van der Waals surface area (Å²) in [4.78, 5) is 7.63. The van der Waals surface area contributed by atoms with Crippen LogP contribution in [0.1, 0.15) is 0 Å². The lowest BCUT2D eigenvalue weighted by atomic mass is 10.5. The third-order valence-electron chi connectivity index (χ3n) is 2.44. The van der Waals surface area contributed by atoms with E-state index in [1.807, 2.05) is 0 Å². The first-order chi connectivity index (χ1) is 10.3. The van der Waals surface area contributed by atoms with Crippen molar-refractivity contribution in [2.45, 2.75) is 25.1 Å². The first-order valence-electron chi connectivity index (χ1n) is 5.95. The van der Waals surface area contributed by atoms with E-state index in [9.17, 15) is 21.6 Å². The number of hydrogen-bond donors (Lipinski definition) is 0. The van der Waals surface area contributed by atoms with Crippen LogP contribution in [0.3, 0.4) is 0 Å². The number of oxazole rings is 2. The van der Waals surface area contributed by atoms with Crippen molar-refractivity contribution in [3.63, 3.8) is 0 Å². The third kappa shape index (κ3) is 3.77. The SMILES string of the molecule is C[Si](C)(C)c1oc(-c2coc(Br)n2)nc1OS(=O)(=O)C(F)(F)F. The Balaban J connectivity index is 2.52. The van der Waals surface area contributed by atoms with Gasteiger partial charge in [-0.3, -0.25) is 0 Å². The summed E-state index contributed by atoms with van der Waals surface area (Å²) in [5, 5.41) is -0.0422. The van der Waals surface area contributed by atoms with Gasteiger partial charge in [-0.2, -0.15) is 31.6 Å². The van der Waals surface area contributed by atoms with Gasteiger partial charge in [-0.15, -0.1) is 0 Å². The lowest BCUT2D eigenvalue weighted by Crippen LogP contribution is -2.39. The molecule has 0 aromatic carbocycles. The van der Waals surface area contributed by atoms with Gasteiger partial charge in [-0.1, -0.05) is 19.6 Å². The van der Waals surface area contributed by atoms with Crippen molar-refractivity contribution in [1.82, 2.24) is 9.97 Å². The number of nitrogens with zero attached hydrogens (tertiary/aromatic N) is 2. The fraction of sp³-hybridized carbons (Fsp3) is 0.400. The quantitative estimate of drug-likeness (QED) is 0.414. The molecule has 7 nitrogen and oxygen atoms in total. The maximum Gasteiger partial charge on any atom is 0.534 e. The topological polar surface area (TPSA) is 95.4 Å². The molecule has 0 spiro atoms. The van der Waals surface area contributed by atoms with Gasteiger partial charge < -0.3 is 13.0 Å². The zero-order chi connectivity index (χ0) is 17.6. The Bertz CT molecular complexity index is 824. The molecule has 0 aliphatic heterocycles. The van der Waals surface area contributed by atoms with Crippen LogP contribution in [0.2, 0.25) is 19.6 Å². The van der Waals surface area contributed by atoms with Gasteiger partial charge in [0.1, 0.15) is 19.7 Å². The van der Waals surface area contributed by atoms with E-state index in [0.29, 0.717) is 0 Å². The van der Waals surface area contributed by atoms with Gasteiger partial charge in [-0.05, 0) is 0 Å². The second-order valence-electron chi connectivity index (χ2n) is 5.37. The predicted molar refractivity (Wildman–Crippen MR) is 78.3 cm³/mol. The molecule has 0 aliphatic carbocycles. The second-order valence-corrected chi connectivity index (χ2v) is 12.5. The zero-order valence-electron chi connectivity index (χ0n) is 11.9. The highest BCUT2D eigenvalue weighted by Crippen LogP contribution is 2.29. The summed E-state index contributed by atoms with van der Waals surface area (Å²) < 4.78 is 74.3. The second kappa shape index (κ2) is 5.63. The monoisotopic (exact) mass is 434 g/mol. The van der Waals surface area contributed by atoms with E-state index < -0.39 is 29.6 Å². The lowest BCUT2D eigenvalue weighted by molar-refractivity contribution is -0.0501. The normalized spacial score (nSPS) is 13.3. The molecule has 2 rings (SSSR count). The van der Waals surface area contributed by atoms with Crippen molar-refractivity contribution in [3.05, 3.63) is 11.1 Å². The summed E-state index contributed by atoms with van der Waals surface area (Å²) in [6, 6.07) is 0. The molecule has 0 fully saturated rings. The molecule has 128 valence electrons. The highest BCUT2D eigenvalue weighted by atomic mass is 79.9. The van der Waals surface area contributed by atoms with Crippen LogP contribution in [-0.2, 0) is 10.1 Å². The molecule has 13 heteroatoms. The van der Waals surface area contributed by atoms with Gasteiger partial charge in [0, 0.05) is 15.9 Å². The minimum atomic E-state index is -5.85. The molecule has 0 amide bonds. The molecule has 23 heavy (non-hydrogen) atoms. The summed E-state index contributed by atoms with van der Waals surface area (Å²) in [7, 11) is -8.25. The van der Waals surface area contributed by atoms with Gasteiger partial charge in [0.05, 0.1) is 0 Å². The van der Waals surface area contributed by atoms with Crippen molar-refractivity contribution in [2.75, 3.05) is 0 Å². The molecule has 0 saturated heterocycles. The van der Waals surface area contributed by atoms with Crippen LogP contribution in [-0.4, -0.2) is 32.0 Å². The Kier molecular flexibility index (Phi) is 4.41. The molecule has 0 aliphatic rings. The van der Waals surface area contributed by atoms with Gasteiger partial charge in [0.2, 0.25) is 0 Å². The van der Waals surface area contributed by atoms with Crippen molar-refractivity contribution < 1.29 is 34.6 Å². The highest BCUT2D eigenvalue weighted by molar-refractivity contribution is 9.10. The maximum atomic E-state index is 12.5. The van der Waals surface area contributed by atoms with Crippen LogP contribution >= 0.6 is 15.9 Å². The summed E-state index contributed by atoms with van der Waals surface area (Å²) in [6.45, 7) is 5.18. The largest absolute Gasteiger partial charge is 0.534 e. The van der Waals surface area contributed by atoms with E-state index in [2.05, 4.69) is 30.1 Å². The van der Waals surface area contributed by atoms with Crippen molar-refractivity contribution in [2.24, 2.45) is 0 Å². The van der Waals surface area contributed by atoms with Crippen LogP contribution in [0.5, 0.6) is 5.88 Å². The van der Waals surface area contributed by atoms with Crippen LogP contribution < -0.4 is 9.57 Å². The van der Waals surface area contributed by atoms with E-state index >= 15 is 0 Å². The summed E-state index contributed by atoms with van der Waals surface area (Å²) >= 11 is 2.95. The van der Waals surface area contributed by atoms with Crippen LogP contribution in [0.25, 0.3) is 11.6 Å². The zero-order valence-corrected chi connectivity index (χ0v) is 15.3. The summed E-state index contributed by atoms with van der Waals surface area (Å²) in [5.74, 6) is -0.945. The average Bonchev–Trinajstić information content (AvgIpc) is 2.92. The summed E-state index contributed by atoms with van der Waals surface area (Å²) in [5.41, 5.74) is -5.49. The van der Waals surface area contributed by atoms with Gasteiger partial charge in [0.15, 0.2) is 5.69 Å². The Hall–Kier alpha value is -1.34. The molecular weight excluding hydrogens is 425 g/mol. The standard InChI is InChI=1S/C10H10BrF3N2O5SSi/c1-23(2,3)8-7(21-22(17,18)10(12,13)14)16-6(20-8)5-4-19-9(11)15-5/h4H,1-3H3. The van der Waals surface area contributed by atoms with Crippen LogP contribution in [0.4, 0.5) is 13.2 Å². The highest BCUT2D eigenvalue weighted by Gasteiger charge is 2.50. The van der Waals surface area contributed by atoms with Crippen molar-refractivity contribution in [3.8, 4) is 17.5 Å². The number of aromatic nitrogens is 2. The van der Waals surface area contributed by atoms with E-state index in [0.717, 1.165) is 6.26 Å². The number of alkyl halides is 3. The van der Waals surface area contributed by atoms with Crippen LogP contribution in [0.15, 0.2) is 19.9 Å². The Morgan fingerprint density at radius 1 is 1.26 bits per heavy atom. The fourth-order valence-electron chi connectivity index (χ4n) is 1.45. The first kappa shape index (κ1) is 18.0. The maximum absolute atomic E-state index is 12.5. The Morgan fingerprint density at radius 3 is 2.30 bits per heavy atom. The molecule has 2 aromatic heterocycles. The van der Waals surface area contributed by atoms with Gasteiger partial charge in [0.25, 0.3) is 16.6 Å². The smallest absolute Gasteiger partial charge is 0.441 e. The average molecular weight is 435 g/mol. The third-order valence-corrected chi connectivity index (χ3v) is 5.43. The van der Waals surface area contributed by atoms with Gasteiger partial charge in [-0.25, -0.2) is 0 Å². The molecule has 0 N–H and O–H groups in total. The Labute approximate surface area is 138 Å². The van der Waals surface area contributed by atoms with E-state index in [1.165, 1.54) is 0 Å². The number of halogens is 4. The van der Waals surface area contributed by atoms with E-state index in [-0.39, 0.29) is 21.8 Å². The van der Waals surface area contributed by atoms with Gasteiger partial charge >= 0.3 is 15.6 Å². The van der Waals surface area contributed by atoms with Crippen molar-refractivity contribution in [1.29, 1.82) is 0 Å². The first-order valence-corrected chi connectivity index (χ1v) is 11.6. The molecule has 0 saturated carbocycles. The van der Waals surface area contributed by atoms with Crippen LogP contribution in [0, 0.1) is 0 Å². The van der Waals surface area contributed by atoms with E-state index in [1.54, 1.807) is 19.6 Å². The number of rotatable bonds is 4. The van der Waals surface area contributed by atoms with Crippen molar-refractivity contribution >= 4 is 39.5 Å². The molecule has 2 heterocycles. The molecule has 0 unspecified atom stereocenters. The number of hydrogen-bond acceptors (Lipinski definition) is 7. The predicted octanol–water partition coefficient (Wildman–Crippen LogP) is 2.87. The Morgan fingerprint density at radius 2 is 1.87 bits per heavy atom.